The molecule has 0 saturated carbocycles. The maximum Gasteiger partial charge on any atom is 0.408 e. The van der Waals surface area contributed by atoms with Crippen LogP contribution in [0.4, 0.5) is 4.79 Å². The van der Waals surface area contributed by atoms with E-state index in [0.717, 1.165) is 0 Å². The van der Waals surface area contributed by atoms with Gasteiger partial charge in [0.15, 0.2) is 0 Å². The van der Waals surface area contributed by atoms with Crippen molar-refractivity contribution in [1.29, 1.82) is 0 Å². The van der Waals surface area contributed by atoms with Crippen LogP contribution in [0.5, 0.6) is 0 Å². The molecule has 0 fully saturated rings. The topological polar surface area (TPSA) is 55.4 Å². The summed E-state index contributed by atoms with van der Waals surface area (Å²) < 4.78 is 5.03. The standard InChI is InChI=1S/C10H19NO3S/c1-6(2)7(8(12)15)11-9(13)14-10(3,4)5/h6-7H,1-5H3,(H,11,13)(H,12,15)/t7-/m0/s1. The number of hydrogen-bond acceptors (Lipinski definition) is 3. The summed E-state index contributed by atoms with van der Waals surface area (Å²) in [5.41, 5.74) is -0.564. The zero-order chi connectivity index (χ0) is 12.2. The molecule has 4 nitrogen and oxygen atoms in total. The van der Waals surface area contributed by atoms with Gasteiger partial charge in [-0.1, -0.05) is 13.8 Å². The lowest BCUT2D eigenvalue weighted by atomic mass is 10.1. The van der Waals surface area contributed by atoms with Gasteiger partial charge in [0.25, 0.3) is 0 Å². The van der Waals surface area contributed by atoms with Crippen LogP contribution in [0.25, 0.3) is 0 Å². The number of hydrogen-bond donors (Lipinski definition) is 2. The van der Waals surface area contributed by atoms with E-state index in [9.17, 15) is 9.59 Å². The number of carbonyl (C=O) groups is 2. The highest BCUT2D eigenvalue weighted by Gasteiger charge is 2.24. The number of carbonyl (C=O) groups excluding carboxylic acids is 2. The Labute approximate surface area is 96.2 Å². The SMILES string of the molecule is CC(C)[C@H](NC(=O)OC(C)(C)C)C(=O)S. The van der Waals surface area contributed by atoms with Crippen molar-refractivity contribution in [1.82, 2.24) is 5.32 Å². The first-order valence-electron chi connectivity index (χ1n) is 4.86. The van der Waals surface area contributed by atoms with E-state index in [-0.39, 0.29) is 11.0 Å². The van der Waals surface area contributed by atoms with Crippen LogP contribution in [0, 0.1) is 5.92 Å². The highest BCUT2D eigenvalue weighted by atomic mass is 32.1. The van der Waals surface area contributed by atoms with Gasteiger partial charge in [0.1, 0.15) is 11.6 Å². The molecule has 0 aromatic rings. The highest BCUT2D eigenvalue weighted by Crippen LogP contribution is 2.09. The third kappa shape index (κ3) is 6.38. The average molecular weight is 233 g/mol. The molecule has 0 aliphatic carbocycles. The molecule has 5 heteroatoms. The minimum atomic E-state index is -0.608. The molecule has 0 aromatic heterocycles. The van der Waals surface area contributed by atoms with Crippen molar-refractivity contribution < 1.29 is 14.3 Å². The van der Waals surface area contributed by atoms with Gasteiger partial charge in [-0.3, -0.25) is 4.79 Å². The Morgan fingerprint density at radius 3 is 2.00 bits per heavy atom. The summed E-state index contributed by atoms with van der Waals surface area (Å²) in [6, 6.07) is -0.608. The lowest BCUT2D eigenvalue weighted by Gasteiger charge is -2.23. The van der Waals surface area contributed by atoms with Crippen LogP contribution in [0.1, 0.15) is 34.6 Å². The zero-order valence-electron chi connectivity index (χ0n) is 9.83. The molecule has 0 rings (SSSR count). The van der Waals surface area contributed by atoms with Gasteiger partial charge in [-0.2, -0.15) is 0 Å². The zero-order valence-corrected chi connectivity index (χ0v) is 10.7. The van der Waals surface area contributed by atoms with E-state index in [1.54, 1.807) is 20.8 Å². The summed E-state index contributed by atoms with van der Waals surface area (Å²) in [5, 5.41) is 2.12. The first-order chi connectivity index (χ1) is 6.63. The first kappa shape index (κ1) is 14.3. The Hall–Kier alpha value is -0.710. The van der Waals surface area contributed by atoms with E-state index in [4.69, 9.17) is 4.74 Å². The summed E-state index contributed by atoms with van der Waals surface area (Å²) in [4.78, 5) is 22.4. The van der Waals surface area contributed by atoms with Crippen LogP contribution in [-0.4, -0.2) is 22.9 Å². The van der Waals surface area contributed by atoms with Gasteiger partial charge in [-0.25, -0.2) is 4.79 Å². The summed E-state index contributed by atoms with van der Waals surface area (Å²) in [5.74, 6) is -0.0116. The molecular formula is C10H19NO3S. The fourth-order valence-corrected chi connectivity index (χ4v) is 1.31. The van der Waals surface area contributed by atoms with Crippen LogP contribution in [-0.2, 0) is 9.53 Å². The Morgan fingerprint density at radius 1 is 1.27 bits per heavy atom. The maximum atomic E-state index is 11.4. The molecule has 1 N–H and O–H groups in total. The van der Waals surface area contributed by atoms with E-state index >= 15 is 0 Å². The minimum Gasteiger partial charge on any atom is -0.444 e. The number of amides is 1. The van der Waals surface area contributed by atoms with Gasteiger partial charge in [0.2, 0.25) is 5.12 Å². The predicted octanol–water partition coefficient (Wildman–Crippen LogP) is 1.99. The second kappa shape index (κ2) is 5.39. The summed E-state index contributed by atoms with van der Waals surface area (Å²) in [7, 11) is 0. The van der Waals surface area contributed by atoms with Gasteiger partial charge in [0.05, 0.1) is 0 Å². The smallest absolute Gasteiger partial charge is 0.408 e. The van der Waals surface area contributed by atoms with Crippen molar-refractivity contribution in [2.24, 2.45) is 5.92 Å². The number of thiol groups is 1. The fraction of sp³-hybridized carbons (Fsp3) is 0.800. The average Bonchev–Trinajstić information content (AvgIpc) is 1.95. The Bertz CT molecular complexity index is 246. The summed E-state index contributed by atoms with van der Waals surface area (Å²) >= 11 is 3.71. The van der Waals surface area contributed by atoms with Crippen molar-refractivity contribution in [2.75, 3.05) is 0 Å². The van der Waals surface area contributed by atoms with Gasteiger partial charge in [0, 0.05) is 0 Å². The molecule has 0 radical (unpaired) electrons. The van der Waals surface area contributed by atoms with E-state index in [1.165, 1.54) is 0 Å². The Morgan fingerprint density at radius 2 is 1.73 bits per heavy atom. The number of ether oxygens (including phenoxy) is 1. The normalized spacial score (nSPS) is 13.5. The molecule has 88 valence electrons. The van der Waals surface area contributed by atoms with Crippen molar-refractivity contribution in [3.63, 3.8) is 0 Å². The first-order valence-corrected chi connectivity index (χ1v) is 5.30. The number of rotatable bonds is 3. The van der Waals surface area contributed by atoms with Crippen LogP contribution in [0.3, 0.4) is 0 Å². The second-order valence-electron chi connectivity index (χ2n) is 4.71. The maximum absolute atomic E-state index is 11.4. The molecule has 0 bridgehead atoms. The molecule has 15 heavy (non-hydrogen) atoms. The lowest BCUT2D eigenvalue weighted by molar-refractivity contribution is -0.113. The van der Waals surface area contributed by atoms with E-state index < -0.39 is 17.7 Å². The van der Waals surface area contributed by atoms with Crippen molar-refractivity contribution in [2.45, 2.75) is 46.3 Å². The predicted molar refractivity (Wildman–Crippen MR) is 62.0 cm³/mol. The summed E-state index contributed by atoms with van der Waals surface area (Å²) in [6.45, 7) is 8.95. The molecule has 0 aliphatic heterocycles. The van der Waals surface area contributed by atoms with Gasteiger partial charge >= 0.3 is 6.09 Å². The fourth-order valence-electron chi connectivity index (χ4n) is 0.948. The second-order valence-corrected chi connectivity index (χ2v) is 5.15. The lowest BCUT2D eigenvalue weighted by Crippen LogP contribution is -2.44. The van der Waals surface area contributed by atoms with E-state index in [1.807, 2.05) is 13.8 Å². The van der Waals surface area contributed by atoms with Crippen LogP contribution in [0.15, 0.2) is 0 Å². The van der Waals surface area contributed by atoms with Crippen LogP contribution >= 0.6 is 12.6 Å². The summed E-state index contributed by atoms with van der Waals surface area (Å²) in [6.07, 6.45) is -0.594. The van der Waals surface area contributed by atoms with E-state index in [2.05, 4.69) is 17.9 Å². The molecule has 0 heterocycles. The molecule has 0 aliphatic rings. The van der Waals surface area contributed by atoms with Crippen molar-refractivity contribution in [3.8, 4) is 0 Å². The van der Waals surface area contributed by atoms with Crippen molar-refractivity contribution in [3.05, 3.63) is 0 Å². The third-order valence-electron chi connectivity index (χ3n) is 1.60. The van der Waals surface area contributed by atoms with Crippen LogP contribution in [0.2, 0.25) is 0 Å². The van der Waals surface area contributed by atoms with Gasteiger partial charge < -0.3 is 10.1 Å². The van der Waals surface area contributed by atoms with Crippen molar-refractivity contribution >= 4 is 23.8 Å². The van der Waals surface area contributed by atoms with Gasteiger partial charge in [-0.05, 0) is 26.7 Å². The molecule has 0 unspecified atom stereocenters. The largest absolute Gasteiger partial charge is 0.444 e. The highest BCUT2D eigenvalue weighted by molar-refractivity contribution is 7.96. The third-order valence-corrected chi connectivity index (χ3v) is 1.88. The van der Waals surface area contributed by atoms with E-state index in [0.29, 0.717) is 0 Å². The molecule has 0 saturated heterocycles. The van der Waals surface area contributed by atoms with Gasteiger partial charge in [-0.15, -0.1) is 12.6 Å². The Balaban J connectivity index is 4.31. The molecule has 1 atom stereocenters. The van der Waals surface area contributed by atoms with Crippen LogP contribution < -0.4 is 5.32 Å². The monoisotopic (exact) mass is 233 g/mol. The minimum absolute atomic E-state index is 0.0116. The number of nitrogens with one attached hydrogen (secondary N) is 1. The number of alkyl carbamates (subject to hydrolysis) is 1. The molecule has 0 spiro atoms. The molecular weight excluding hydrogens is 214 g/mol. The molecule has 0 aromatic carbocycles. The molecule has 1 amide bonds. The Kier molecular flexibility index (Phi) is 5.14. The quantitative estimate of drug-likeness (QED) is 0.733.